The van der Waals surface area contributed by atoms with Crippen LogP contribution in [0.4, 0.5) is 26.6 Å². The van der Waals surface area contributed by atoms with Crippen molar-refractivity contribution in [3.8, 4) is 0 Å². The molecule has 2 amide bonds. The lowest BCUT2D eigenvalue weighted by molar-refractivity contribution is 0.208. The van der Waals surface area contributed by atoms with E-state index in [1.165, 1.54) is 25.3 Å². The molecule has 3 heterocycles. The molecule has 0 unspecified atom stereocenters. The predicted molar refractivity (Wildman–Crippen MR) is 117 cm³/mol. The minimum Gasteiger partial charge on any atom is -0.356 e. The third-order valence-electron chi connectivity index (χ3n) is 5.87. The highest BCUT2D eigenvalue weighted by Gasteiger charge is 2.24. The van der Waals surface area contributed by atoms with Crippen molar-refractivity contribution in [3.63, 3.8) is 0 Å². The number of amides is 2. The number of nitrogens with zero attached hydrogens (tertiary/aromatic N) is 5. The van der Waals surface area contributed by atoms with Crippen LogP contribution < -0.4 is 15.1 Å². The third kappa shape index (κ3) is 4.47. The highest BCUT2D eigenvalue weighted by atomic mass is 19.1. The molecule has 30 heavy (non-hydrogen) atoms. The molecule has 8 heteroatoms. The fourth-order valence-electron chi connectivity index (χ4n) is 4.01. The first-order chi connectivity index (χ1) is 14.5. The van der Waals surface area contributed by atoms with Crippen LogP contribution in [-0.2, 0) is 0 Å². The molecule has 2 aromatic rings. The Morgan fingerprint density at radius 1 is 0.967 bits per heavy atom. The van der Waals surface area contributed by atoms with Crippen molar-refractivity contribution in [1.82, 2.24) is 14.9 Å². The van der Waals surface area contributed by atoms with E-state index in [1.54, 1.807) is 24.0 Å². The van der Waals surface area contributed by atoms with Gasteiger partial charge < -0.3 is 20.0 Å². The number of urea groups is 1. The number of benzene rings is 1. The normalized spacial score (nSPS) is 17.2. The Morgan fingerprint density at radius 2 is 1.70 bits per heavy atom. The minimum absolute atomic E-state index is 0.206. The predicted octanol–water partition coefficient (Wildman–Crippen LogP) is 3.58. The van der Waals surface area contributed by atoms with Crippen molar-refractivity contribution >= 4 is 23.5 Å². The first kappa shape index (κ1) is 20.4. The highest BCUT2D eigenvalue weighted by Crippen LogP contribution is 2.22. The molecular formula is C22H29FN6O. The van der Waals surface area contributed by atoms with Gasteiger partial charge in [0, 0.05) is 62.3 Å². The van der Waals surface area contributed by atoms with Gasteiger partial charge in [0.15, 0.2) is 0 Å². The molecule has 7 nitrogen and oxygen atoms in total. The van der Waals surface area contributed by atoms with Crippen molar-refractivity contribution in [1.29, 1.82) is 0 Å². The summed E-state index contributed by atoms with van der Waals surface area (Å²) in [4.78, 5) is 28.3. The fourth-order valence-corrected chi connectivity index (χ4v) is 4.01. The van der Waals surface area contributed by atoms with E-state index in [-0.39, 0.29) is 11.8 Å². The lowest BCUT2D eigenvalue weighted by Crippen LogP contribution is -2.50. The maximum absolute atomic E-state index is 13.7. The fraction of sp³-hybridized carbons (Fsp3) is 0.500. The van der Waals surface area contributed by atoms with Crippen molar-refractivity contribution in [2.45, 2.75) is 33.1 Å². The van der Waals surface area contributed by atoms with E-state index in [4.69, 9.17) is 4.98 Å². The molecule has 0 spiro atoms. The van der Waals surface area contributed by atoms with Gasteiger partial charge in [0.05, 0.1) is 0 Å². The number of piperidine rings is 1. The van der Waals surface area contributed by atoms with E-state index in [0.717, 1.165) is 30.5 Å². The van der Waals surface area contributed by atoms with Crippen LogP contribution in [0, 0.1) is 19.7 Å². The van der Waals surface area contributed by atoms with Crippen LogP contribution in [-0.4, -0.2) is 60.2 Å². The van der Waals surface area contributed by atoms with Crippen LogP contribution in [0.25, 0.3) is 0 Å². The summed E-state index contributed by atoms with van der Waals surface area (Å²) in [6, 6.07) is 6.56. The smallest absolute Gasteiger partial charge is 0.321 e. The summed E-state index contributed by atoms with van der Waals surface area (Å²) < 4.78 is 13.7. The summed E-state index contributed by atoms with van der Waals surface area (Å²) in [5.41, 5.74) is 1.92. The molecule has 2 fully saturated rings. The molecule has 0 atom stereocenters. The lowest BCUT2D eigenvalue weighted by atomic mass is 10.1. The van der Waals surface area contributed by atoms with E-state index in [0.29, 0.717) is 37.4 Å². The standard InChI is InChI=1S/C22H29FN6O/c1-16-15-20(27-9-4-3-5-10-27)26-21(24-16)28-11-13-29(14-12-28)22(30)25-19-8-6-7-18(23)17(19)2/h6-8,15H,3-5,9-14H2,1-2H3,(H,25,30). The number of hydrogen-bond donors (Lipinski definition) is 1. The molecule has 4 rings (SSSR count). The van der Waals surface area contributed by atoms with Gasteiger partial charge >= 0.3 is 6.03 Å². The SMILES string of the molecule is Cc1cc(N2CCCCC2)nc(N2CCN(C(=O)Nc3cccc(F)c3C)CC2)n1. The number of carbonyl (C=O) groups excluding carboxylic acids is 1. The average molecular weight is 413 g/mol. The summed E-state index contributed by atoms with van der Waals surface area (Å²) in [5, 5.41) is 2.83. The second kappa shape index (κ2) is 8.85. The summed E-state index contributed by atoms with van der Waals surface area (Å²) >= 11 is 0. The second-order valence-corrected chi connectivity index (χ2v) is 8.03. The number of carbonyl (C=O) groups is 1. The number of halogens is 1. The molecular weight excluding hydrogens is 383 g/mol. The molecule has 2 aliphatic heterocycles. The summed E-state index contributed by atoms with van der Waals surface area (Å²) in [6.07, 6.45) is 3.69. The Balaban J connectivity index is 1.39. The first-order valence-corrected chi connectivity index (χ1v) is 10.7. The minimum atomic E-state index is -0.321. The molecule has 1 aromatic carbocycles. The van der Waals surface area contributed by atoms with Gasteiger partial charge in [-0.1, -0.05) is 6.07 Å². The molecule has 0 bridgehead atoms. The molecule has 2 aliphatic rings. The summed E-state index contributed by atoms with van der Waals surface area (Å²) in [6.45, 7) is 8.22. The Bertz CT molecular complexity index is 906. The number of rotatable bonds is 3. The van der Waals surface area contributed by atoms with Crippen LogP contribution in [0.1, 0.15) is 30.5 Å². The van der Waals surface area contributed by atoms with Gasteiger partial charge in [-0.05, 0) is 45.2 Å². The third-order valence-corrected chi connectivity index (χ3v) is 5.87. The zero-order valence-electron chi connectivity index (χ0n) is 17.7. The second-order valence-electron chi connectivity index (χ2n) is 8.03. The van der Waals surface area contributed by atoms with E-state index in [9.17, 15) is 9.18 Å². The van der Waals surface area contributed by atoms with Gasteiger partial charge in [-0.2, -0.15) is 4.98 Å². The summed E-state index contributed by atoms with van der Waals surface area (Å²) in [5.74, 6) is 1.41. The number of anilines is 3. The molecule has 0 aliphatic carbocycles. The van der Waals surface area contributed by atoms with Gasteiger partial charge in [0.2, 0.25) is 5.95 Å². The Kier molecular flexibility index (Phi) is 6.01. The number of piperazine rings is 1. The monoisotopic (exact) mass is 412 g/mol. The van der Waals surface area contributed by atoms with Crippen LogP contribution >= 0.6 is 0 Å². The van der Waals surface area contributed by atoms with Gasteiger partial charge in [0.1, 0.15) is 11.6 Å². The van der Waals surface area contributed by atoms with E-state index >= 15 is 0 Å². The Hall–Kier alpha value is -2.90. The molecule has 0 radical (unpaired) electrons. The Labute approximate surface area is 176 Å². The number of hydrogen-bond acceptors (Lipinski definition) is 5. The number of nitrogens with one attached hydrogen (secondary N) is 1. The van der Waals surface area contributed by atoms with Crippen molar-refractivity contribution in [3.05, 3.63) is 41.3 Å². The zero-order valence-corrected chi connectivity index (χ0v) is 17.7. The zero-order chi connectivity index (χ0) is 21.1. The van der Waals surface area contributed by atoms with Gasteiger partial charge in [0.25, 0.3) is 0 Å². The van der Waals surface area contributed by atoms with Gasteiger partial charge in [-0.15, -0.1) is 0 Å². The van der Waals surface area contributed by atoms with Gasteiger partial charge in [-0.3, -0.25) is 0 Å². The van der Waals surface area contributed by atoms with Crippen LogP contribution in [0.3, 0.4) is 0 Å². The molecule has 2 saturated heterocycles. The van der Waals surface area contributed by atoms with Crippen LogP contribution in [0.15, 0.2) is 24.3 Å². The van der Waals surface area contributed by atoms with Crippen molar-refractivity contribution in [2.75, 3.05) is 54.4 Å². The van der Waals surface area contributed by atoms with Crippen LogP contribution in [0.5, 0.6) is 0 Å². The van der Waals surface area contributed by atoms with E-state index in [1.807, 2.05) is 6.92 Å². The topological polar surface area (TPSA) is 64.6 Å². The quantitative estimate of drug-likeness (QED) is 0.835. The van der Waals surface area contributed by atoms with Crippen LogP contribution in [0.2, 0.25) is 0 Å². The number of aromatic nitrogens is 2. The maximum atomic E-state index is 13.7. The molecule has 160 valence electrons. The molecule has 0 saturated carbocycles. The highest BCUT2D eigenvalue weighted by molar-refractivity contribution is 5.90. The van der Waals surface area contributed by atoms with E-state index < -0.39 is 0 Å². The molecule has 1 N–H and O–H groups in total. The summed E-state index contributed by atoms with van der Waals surface area (Å²) in [7, 11) is 0. The van der Waals surface area contributed by atoms with Gasteiger partial charge in [-0.25, -0.2) is 14.2 Å². The van der Waals surface area contributed by atoms with Crippen molar-refractivity contribution in [2.24, 2.45) is 0 Å². The maximum Gasteiger partial charge on any atom is 0.321 e. The largest absolute Gasteiger partial charge is 0.356 e. The Morgan fingerprint density at radius 3 is 2.43 bits per heavy atom. The number of aryl methyl sites for hydroxylation is 1. The first-order valence-electron chi connectivity index (χ1n) is 10.7. The van der Waals surface area contributed by atoms with Crippen molar-refractivity contribution < 1.29 is 9.18 Å². The molecule has 1 aromatic heterocycles. The van der Waals surface area contributed by atoms with E-state index in [2.05, 4.69) is 26.2 Å². The average Bonchev–Trinajstić information content (AvgIpc) is 2.77. The lowest BCUT2D eigenvalue weighted by Gasteiger charge is -2.35.